The minimum Gasteiger partial charge on any atom is -0.453 e. The molecule has 0 bridgehead atoms. The molecule has 1 heterocycles. The Kier molecular flexibility index (Phi) is 14.4. The van der Waals surface area contributed by atoms with Crippen molar-refractivity contribution in [3.63, 3.8) is 0 Å². The van der Waals surface area contributed by atoms with Crippen LogP contribution in [0.25, 0.3) is 0 Å². The Bertz CT molecular complexity index is 768. The topological polar surface area (TPSA) is 58.6 Å². The number of hydrogen-bond acceptors (Lipinski definition) is 3. The first-order valence-electron chi connectivity index (χ1n) is 10.9. The number of hydrogen-bond donors (Lipinski definition) is 1. The number of methoxy groups -OCH3 is 1. The van der Waals surface area contributed by atoms with Gasteiger partial charge in [0.05, 0.1) is 13.2 Å². The highest BCUT2D eigenvalue weighted by molar-refractivity contribution is 6.31. The molecule has 0 aliphatic carbocycles. The second kappa shape index (κ2) is 15.5. The molecule has 0 saturated carbocycles. The van der Waals surface area contributed by atoms with E-state index in [9.17, 15) is 9.59 Å². The van der Waals surface area contributed by atoms with Crippen molar-refractivity contribution in [2.24, 2.45) is 0 Å². The number of benzene rings is 1. The van der Waals surface area contributed by atoms with E-state index in [0.717, 1.165) is 28.2 Å². The van der Waals surface area contributed by atoms with E-state index in [-0.39, 0.29) is 18.0 Å². The minimum absolute atomic E-state index is 0.0312. The third-order valence-corrected chi connectivity index (χ3v) is 5.17. The van der Waals surface area contributed by atoms with Gasteiger partial charge in [-0.05, 0) is 56.9 Å². The summed E-state index contributed by atoms with van der Waals surface area (Å²) in [4.78, 5) is 24.8. The number of carbonyl (C=O) groups is 2. The van der Waals surface area contributed by atoms with Gasteiger partial charge in [-0.25, -0.2) is 4.79 Å². The number of rotatable bonds is 4. The van der Waals surface area contributed by atoms with Crippen LogP contribution in [0.2, 0.25) is 0 Å². The zero-order valence-corrected chi connectivity index (χ0v) is 21.1. The van der Waals surface area contributed by atoms with Crippen LogP contribution in [0.4, 0.5) is 4.79 Å². The molecule has 6 heteroatoms. The maximum atomic E-state index is 11.6. The molecule has 0 fully saturated rings. The number of carbonyl (C=O) groups excluding carboxylic acids is 2. The molecular formula is C25H39ClN2O3. The molecular weight excluding hydrogens is 412 g/mol. The average molecular weight is 451 g/mol. The van der Waals surface area contributed by atoms with Gasteiger partial charge in [0.2, 0.25) is 5.91 Å². The molecule has 1 aromatic rings. The highest BCUT2D eigenvalue weighted by Gasteiger charge is 2.22. The third kappa shape index (κ3) is 10.1. The van der Waals surface area contributed by atoms with Crippen molar-refractivity contribution in [2.45, 2.75) is 73.9 Å². The minimum atomic E-state index is -0.293. The van der Waals surface area contributed by atoms with E-state index in [1.165, 1.54) is 12.7 Å². The van der Waals surface area contributed by atoms with Crippen LogP contribution < -0.4 is 5.32 Å². The number of ether oxygens (including phenoxy) is 1. The van der Waals surface area contributed by atoms with Gasteiger partial charge in [0, 0.05) is 24.5 Å². The van der Waals surface area contributed by atoms with Gasteiger partial charge < -0.3 is 15.0 Å². The molecule has 0 saturated heterocycles. The van der Waals surface area contributed by atoms with Crippen LogP contribution in [0.15, 0.2) is 41.0 Å². The first kappa shape index (κ1) is 28.7. The Hall–Kier alpha value is -2.27. The zero-order valence-electron chi connectivity index (χ0n) is 20.3. The molecule has 5 nitrogen and oxygen atoms in total. The maximum absolute atomic E-state index is 11.6. The zero-order chi connectivity index (χ0) is 24.0. The first-order chi connectivity index (χ1) is 14.7. The van der Waals surface area contributed by atoms with Gasteiger partial charge in [-0.15, -0.1) is 0 Å². The van der Waals surface area contributed by atoms with E-state index in [4.69, 9.17) is 16.3 Å². The third-order valence-electron chi connectivity index (χ3n) is 4.66. The number of fused-ring (bicyclic) bond motifs is 1. The molecule has 0 radical (unpaired) electrons. The second-order valence-electron chi connectivity index (χ2n) is 7.16. The van der Waals surface area contributed by atoms with E-state index < -0.39 is 0 Å². The fourth-order valence-electron chi connectivity index (χ4n) is 2.87. The van der Waals surface area contributed by atoms with Crippen LogP contribution in [0.3, 0.4) is 0 Å². The highest BCUT2D eigenvalue weighted by atomic mass is 35.5. The van der Waals surface area contributed by atoms with Crippen molar-refractivity contribution in [1.82, 2.24) is 10.2 Å². The number of nitrogens with zero attached hydrogens (tertiary/aromatic N) is 1. The number of amides is 2. The molecule has 1 aromatic carbocycles. The quantitative estimate of drug-likeness (QED) is 0.531. The fraction of sp³-hybridized carbons (Fsp3) is 0.520. The van der Waals surface area contributed by atoms with Gasteiger partial charge in [0.1, 0.15) is 0 Å². The van der Waals surface area contributed by atoms with Crippen LogP contribution in [-0.2, 0) is 22.5 Å². The molecule has 174 valence electrons. The second-order valence-corrected chi connectivity index (χ2v) is 7.57. The SMILES string of the molecule is C/C=C\C(Cl)=C(C)C.CC.CCC(=O)NC(C)c1ccc2c(c1)CN(C(=O)OC)CC2. The van der Waals surface area contributed by atoms with Crippen LogP contribution >= 0.6 is 11.6 Å². The summed E-state index contributed by atoms with van der Waals surface area (Å²) < 4.78 is 4.78. The number of allylic oxidation sites excluding steroid dienone is 4. The average Bonchev–Trinajstić information content (AvgIpc) is 2.79. The lowest BCUT2D eigenvalue weighted by Crippen LogP contribution is -2.36. The van der Waals surface area contributed by atoms with E-state index in [2.05, 4.69) is 17.4 Å². The first-order valence-corrected chi connectivity index (χ1v) is 11.3. The van der Waals surface area contributed by atoms with Gasteiger partial charge in [-0.2, -0.15) is 0 Å². The maximum Gasteiger partial charge on any atom is 0.409 e. The van der Waals surface area contributed by atoms with Gasteiger partial charge >= 0.3 is 6.09 Å². The van der Waals surface area contributed by atoms with Crippen molar-refractivity contribution in [3.8, 4) is 0 Å². The summed E-state index contributed by atoms with van der Waals surface area (Å²) in [6.45, 7) is 15.0. The molecule has 1 atom stereocenters. The Labute approximate surface area is 193 Å². The number of halogens is 1. The summed E-state index contributed by atoms with van der Waals surface area (Å²) in [5, 5.41) is 3.79. The summed E-state index contributed by atoms with van der Waals surface area (Å²) in [6, 6.07) is 6.18. The molecule has 1 unspecified atom stereocenters. The summed E-state index contributed by atoms with van der Waals surface area (Å²) in [6.07, 6.45) is 4.83. The lowest BCUT2D eigenvalue weighted by molar-refractivity contribution is -0.121. The lowest BCUT2D eigenvalue weighted by Gasteiger charge is -2.28. The predicted octanol–water partition coefficient (Wildman–Crippen LogP) is 6.52. The van der Waals surface area contributed by atoms with E-state index in [1.807, 2.05) is 66.7 Å². The molecule has 0 spiro atoms. The van der Waals surface area contributed by atoms with Gasteiger partial charge in [0.25, 0.3) is 0 Å². The van der Waals surface area contributed by atoms with Crippen LogP contribution in [0.5, 0.6) is 0 Å². The molecule has 0 aromatic heterocycles. The van der Waals surface area contributed by atoms with Crippen LogP contribution in [0.1, 0.15) is 77.6 Å². The fourth-order valence-corrected chi connectivity index (χ4v) is 3.00. The smallest absolute Gasteiger partial charge is 0.409 e. The Morgan fingerprint density at radius 1 is 1.26 bits per heavy atom. The Morgan fingerprint density at radius 3 is 2.39 bits per heavy atom. The van der Waals surface area contributed by atoms with Gasteiger partial charge in [-0.3, -0.25) is 4.79 Å². The molecule has 31 heavy (non-hydrogen) atoms. The lowest BCUT2D eigenvalue weighted by atomic mass is 9.95. The normalized spacial score (nSPS) is 13.0. The van der Waals surface area contributed by atoms with Gasteiger partial charge in [-0.1, -0.05) is 62.2 Å². The largest absolute Gasteiger partial charge is 0.453 e. The van der Waals surface area contributed by atoms with Crippen molar-refractivity contribution in [3.05, 3.63) is 57.6 Å². The number of nitrogens with one attached hydrogen (secondary N) is 1. The van der Waals surface area contributed by atoms with Crippen LogP contribution in [-0.4, -0.2) is 30.6 Å². The summed E-state index contributed by atoms with van der Waals surface area (Å²) >= 11 is 5.71. The monoisotopic (exact) mass is 450 g/mol. The molecule has 2 amide bonds. The Morgan fingerprint density at radius 2 is 1.90 bits per heavy atom. The summed E-state index contributed by atoms with van der Waals surface area (Å²) in [7, 11) is 1.40. The Balaban J connectivity index is 0.000000762. The summed E-state index contributed by atoms with van der Waals surface area (Å²) in [5.74, 6) is 0.0383. The molecule has 1 aliphatic heterocycles. The van der Waals surface area contributed by atoms with Crippen molar-refractivity contribution < 1.29 is 14.3 Å². The van der Waals surface area contributed by atoms with E-state index in [0.29, 0.717) is 19.5 Å². The standard InChI is InChI=1S/C16H22N2O3.C7H11Cl.C2H6/c1-4-15(19)17-11(2)13-6-5-12-7-8-18(16(20)21-3)10-14(12)9-13;1-4-5-7(8)6(2)3;1-2/h5-6,9,11H,4,7-8,10H2,1-3H3,(H,17,19);4-5H,1-3H3;1-2H3/b;5-4-;. The van der Waals surface area contributed by atoms with Crippen LogP contribution in [0, 0.1) is 0 Å². The van der Waals surface area contributed by atoms with Crippen molar-refractivity contribution in [1.29, 1.82) is 0 Å². The predicted molar refractivity (Wildman–Crippen MR) is 130 cm³/mol. The van der Waals surface area contributed by atoms with Crippen molar-refractivity contribution in [2.75, 3.05) is 13.7 Å². The van der Waals surface area contributed by atoms with E-state index in [1.54, 1.807) is 4.90 Å². The van der Waals surface area contributed by atoms with E-state index >= 15 is 0 Å². The van der Waals surface area contributed by atoms with Gasteiger partial charge in [0.15, 0.2) is 0 Å². The molecule has 2 rings (SSSR count). The van der Waals surface area contributed by atoms with Crippen molar-refractivity contribution >= 4 is 23.6 Å². The molecule has 1 aliphatic rings. The highest BCUT2D eigenvalue weighted by Crippen LogP contribution is 2.23. The summed E-state index contributed by atoms with van der Waals surface area (Å²) in [5.41, 5.74) is 4.60. The molecule has 1 N–H and O–H groups in total.